The number of rotatable bonds is 5. The number of fused-ring (bicyclic) bond motifs is 1. The summed E-state index contributed by atoms with van der Waals surface area (Å²) in [6.45, 7) is 9.43. The average molecular weight is 264 g/mol. The zero-order valence-electron chi connectivity index (χ0n) is 11.4. The summed E-state index contributed by atoms with van der Waals surface area (Å²) < 4.78 is 0. The first kappa shape index (κ1) is 13.2. The summed E-state index contributed by atoms with van der Waals surface area (Å²) in [4.78, 5) is 13.4. The number of thiophene rings is 1. The monoisotopic (exact) mass is 264 g/mol. The van der Waals surface area contributed by atoms with Crippen LogP contribution in [0, 0.1) is 13.8 Å². The third-order valence-electron chi connectivity index (χ3n) is 3.29. The fourth-order valence-corrected chi connectivity index (χ4v) is 2.84. The third kappa shape index (κ3) is 2.62. The molecule has 1 N–H and O–H groups in total. The molecule has 18 heavy (non-hydrogen) atoms. The van der Waals surface area contributed by atoms with Crippen LogP contribution in [0.1, 0.15) is 17.4 Å². The van der Waals surface area contributed by atoms with Crippen LogP contribution < -0.4 is 5.32 Å². The van der Waals surface area contributed by atoms with Crippen LogP contribution in [0.15, 0.2) is 6.33 Å². The van der Waals surface area contributed by atoms with Gasteiger partial charge in [-0.25, -0.2) is 9.97 Å². The zero-order valence-corrected chi connectivity index (χ0v) is 12.3. The zero-order chi connectivity index (χ0) is 13.1. The molecule has 2 aromatic heterocycles. The van der Waals surface area contributed by atoms with Crippen molar-refractivity contribution in [2.45, 2.75) is 20.8 Å². The first-order chi connectivity index (χ1) is 8.63. The maximum absolute atomic E-state index is 4.37. The number of hydrogen-bond acceptors (Lipinski definition) is 5. The fraction of sp³-hybridized carbons (Fsp3) is 0.538. The fourth-order valence-electron chi connectivity index (χ4n) is 1.84. The van der Waals surface area contributed by atoms with E-state index in [1.807, 2.05) is 0 Å². The van der Waals surface area contributed by atoms with Crippen LogP contribution in [0.3, 0.4) is 0 Å². The molecule has 0 bridgehead atoms. The lowest BCUT2D eigenvalue weighted by Gasteiger charge is -2.14. The minimum Gasteiger partial charge on any atom is -0.368 e. The molecule has 0 unspecified atom stereocenters. The second-order valence-electron chi connectivity index (χ2n) is 4.51. The van der Waals surface area contributed by atoms with Gasteiger partial charge < -0.3 is 10.2 Å². The Kier molecular flexibility index (Phi) is 4.14. The second kappa shape index (κ2) is 5.63. The van der Waals surface area contributed by atoms with E-state index in [4.69, 9.17) is 0 Å². The number of nitrogens with one attached hydrogen (secondary N) is 1. The van der Waals surface area contributed by atoms with Crippen LogP contribution in [-0.4, -0.2) is 41.5 Å². The lowest BCUT2D eigenvalue weighted by Crippen LogP contribution is -2.25. The molecule has 0 atom stereocenters. The molecule has 0 aliphatic rings. The van der Waals surface area contributed by atoms with Gasteiger partial charge in [0.15, 0.2) is 0 Å². The molecule has 0 fully saturated rings. The van der Waals surface area contributed by atoms with Crippen molar-refractivity contribution in [3.05, 3.63) is 16.8 Å². The molecular formula is C13H20N4S. The van der Waals surface area contributed by atoms with E-state index in [0.29, 0.717) is 0 Å². The lowest BCUT2D eigenvalue weighted by atomic mass is 10.2. The summed E-state index contributed by atoms with van der Waals surface area (Å²) in [7, 11) is 2.12. The summed E-state index contributed by atoms with van der Waals surface area (Å²) in [5.41, 5.74) is 1.29. The second-order valence-corrected chi connectivity index (χ2v) is 5.71. The summed E-state index contributed by atoms with van der Waals surface area (Å²) in [5.74, 6) is 0.964. The van der Waals surface area contributed by atoms with E-state index in [1.54, 1.807) is 17.7 Å². The predicted molar refractivity (Wildman–Crippen MR) is 78.5 cm³/mol. The highest BCUT2D eigenvalue weighted by Gasteiger charge is 2.11. The lowest BCUT2D eigenvalue weighted by molar-refractivity contribution is 0.367. The van der Waals surface area contributed by atoms with Gasteiger partial charge in [0.25, 0.3) is 0 Å². The number of likely N-dealkylation sites (N-methyl/N-ethyl adjacent to an activating group) is 1. The van der Waals surface area contributed by atoms with Crippen LogP contribution in [0.5, 0.6) is 0 Å². The van der Waals surface area contributed by atoms with E-state index in [2.05, 4.69) is 48.0 Å². The van der Waals surface area contributed by atoms with Gasteiger partial charge in [0, 0.05) is 18.0 Å². The number of hydrogen-bond donors (Lipinski definition) is 1. The Balaban J connectivity index is 2.18. The maximum atomic E-state index is 4.37. The number of aromatic nitrogens is 2. The first-order valence-electron chi connectivity index (χ1n) is 6.26. The van der Waals surface area contributed by atoms with Crippen LogP contribution in [0.2, 0.25) is 0 Å². The number of anilines is 1. The van der Waals surface area contributed by atoms with Crippen LogP contribution >= 0.6 is 11.3 Å². The van der Waals surface area contributed by atoms with E-state index in [-0.39, 0.29) is 0 Å². The van der Waals surface area contributed by atoms with Gasteiger partial charge in [-0.3, -0.25) is 0 Å². The topological polar surface area (TPSA) is 41.0 Å². The molecule has 0 aromatic carbocycles. The molecule has 0 aliphatic carbocycles. The van der Waals surface area contributed by atoms with Gasteiger partial charge in [-0.1, -0.05) is 6.92 Å². The Morgan fingerprint density at radius 2 is 2.11 bits per heavy atom. The molecule has 2 aromatic rings. The third-order valence-corrected chi connectivity index (χ3v) is 4.41. The van der Waals surface area contributed by atoms with Crippen molar-refractivity contribution in [1.82, 2.24) is 14.9 Å². The summed E-state index contributed by atoms with van der Waals surface area (Å²) in [6, 6.07) is 0. The van der Waals surface area contributed by atoms with Crippen LogP contribution in [0.4, 0.5) is 5.82 Å². The van der Waals surface area contributed by atoms with Gasteiger partial charge in [-0.05, 0) is 33.0 Å². The molecule has 4 nitrogen and oxygen atoms in total. The highest BCUT2D eigenvalue weighted by atomic mass is 32.1. The SMILES string of the molecule is CCN(C)CCNc1ncnc2sc(C)c(C)c12. The summed E-state index contributed by atoms with van der Waals surface area (Å²) in [6.07, 6.45) is 1.64. The van der Waals surface area contributed by atoms with Gasteiger partial charge in [0.2, 0.25) is 0 Å². The Labute approximate surface area is 112 Å². The van der Waals surface area contributed by atoms with Crippen molar-refractivity contribution >= 4 is 27.4 Å². The highest BCUT2D eigenvalue weighted by Crippen LogP contribution is 2.32. The number of nitrogens with zero attached hydrogens (tertiary/aromatic N) is 3. The van der Waals surface area contributed by atoms with Crippen molar-refractivity contribution in [1.29, 1.82) is 0 Å². The van der Waals surface area contributed by atoms with Crippen molar-refractivity contribution in [3.63, 3.8) is 0 Å². The van der Waals surface area contributed by atoms with Crippen molar-refractivity contribution in [2.24, 2.45) is 0 Å². The standard InChI is InChI=1S/C13H20N4S/c1-5-17(4)7-6-14-12-11-9(2)10(3)18-13(11)16-8-15-12/h8H,5-7H2,1-4H3,(H,14,15,16). The Hall–Kier alpha value is -1.20. The largest absolute Gasteiger partial charge is 0.368 e. The van der Waals surface area contributed by atoms with Crippen molar-refractivity contribution < 1.29 is 0 Å². The minimum atomic E-state index is 0.908. The van der Waals surface area contributed by atoms with Crippen molar-refractivity contribution in [3.8, 4) is 0 Å². The minimum absolute atomic E-state index is 0.908. The summed E-state index contributed by atoms with van der Waals surface area (Å²) in [5, 5.41) is 4.60. The molecule has 2 rings (SSSR count). The smallest absolute Gasteiger partial charge is 0.138 e. The summed E-state index contributed by atoms with van der Waals surface area (Å²) >= 11 is 1.74. The van der Waals surface area contributed by atoms with Gasteiger partial charge in [0.05, 0.1) is 5.39 Å². The van der Waals surface area contributed by atoms with E-state index in [1.165, 1.54) is 15.8 Å². The van der Waals surface area contributed by atoms with E-state index >= 15 is 0 Å². The van der Waals surface area contributed by atoms with Gasteiger partial charge in [-0.2, -0.15) is 0 Å². The molecule has 5 heteroatoms. The molecular weight excluding hydrogens is 244 g/mol. The predicted octanol–water partition coefficient (Wildman–Crippen LogP) is 2.67. The molecule has 0 saturated carbocycles. The molecule has 0 aliphatic heterocycles. The van der Waals surface area contributed by atoms with E-state index in [0.717, 1.165) is 30.3 Å². The van der Waals surface area contributed by atoms with Crippen LogP contribution in [0.25, 0.3) is 10.2 Å². The van der Waals surface area contributed by atoms with Gasteiger partial charge >= 0.3 is 0 Å². The molecule has 0 spiro atoms. The quantitative estimate of drug-likeness (QED) is 0.901. The molecule has 98 valence electrons. The Morgan fingerprint density at radius 3 is 2.83 bits per heavy atom. The van der Waals surface area contributed by atoms with Gasteiger partial charge in [0.1, 0.15) is 17.0 Å². The Bertz CT molecular complexity index is 535. The molecule has 0 amide bonds. The molecule has 2 heterocycles. The number of aryl methyl sites for hydroxylation is 2. The maximum Gasteiger partial charge on any atom is 0.138 e. The van der Waals surface area contributed by atoms with Crippen molar-refractivity contribution in [2.75, 3.05) is 32.0 Å². The first-order valence-corrected chi connectivity index (χ1v) is 7.08. The van der Waals surface area contributed by atoms with E-state index in [9.17, 15) is 0 Å². The Morgan fingerprint density at radius 1 is 1.33 bits per heavy atom. The van der Waals surface area contributed by atoms with E-state index < -0.39 is 0 Å². The van der Waals surface area contributed by atoms with Gasteiger partial charge in [-0.15, -0.1) is 11.3 Å². The molecule has 0 saturated heterocycles. The average Bonchev–Trinajstić information content (AvgIpc) is 2.66. The molecule has 0 radical (unpaired) electrons. The highest BCUT2D eigenvalue weighted by molar-refractivity contribution is 7.18. The normalized spacial score (nSPS) is 11.4. The van der Waals surface area contributed by atoms with Crippen LogP contribution in [-0.2, 0) is 0 Å².